The number of Topliss-reactive ketones (excluding diaryl/α,β-unsaturated/α-hetero) is 1. The minimum Gasteiger partial charge on any atom is -0.458 e. The van der Waals surface area contributed by atoms with E-state index in [2.05, 4.69) is 13.8 Å². The molecule has 0 bridgehead atoms. The summed E-state index contributed by atoms with van der Waals surface area (Å²) in [5.41, 5.74) is 1.58. The van der Waals surface area contributed by atoms with Crippen molar-refractivity contribution in [3.05, 3.63) is 47.5 Å². The first-order valence-corrected chi connectivity index (χ1v) is 12.2. The van der Waals surface area contributed by atoms with Gasteiger partial charge in [0.25, 0.3) is 0 Å². The number of carbonyl (C=O) groups is 3. The SMILES string of the molecule is CC(=O)[C@H]1CCC2C3CCC4=CC(=O)CC[C@]4(C)C3[C@H](OC(=O)c3ccccc3)C[C@@]21C. The maximum absolute atomic E-state index is 13.2. The molecule has 0 heterocycles. The molecule has 0 amide bonds. The smallest absolute Gasteiger partial charge is 0.338 e. The highest BCUT2D eigenvalue weighted by atomic mass is 16.5. The van der Waals surface area contributed by atoms with Crippen molar-refractivity contribution in [1.82, 2.24) is 0 Å². The van der Waals surface area contributed by atoms with E-state index in [1.807, 2.05) is 24.3 Å². The average molecular weight is 435 g/mol. The van der Waals surface area contributed by atoms with Gasteiger partial charge in [0.15, 0.2) is 5.78 Å². The quantitative estimate of drug-likeness (QED) is 0.585. The van der Waals surface area contributed by atoms with Crippen molar-refractivity contribution in [3.63, 3.8) is 0 Å². The molecule has 4 nitrogen and oxygen atoms in total. The summed E-state index contributed by atoms with van der Waals surface area (Å²) in [6, 6.07) is 9.21. The maximum Gasteiger partial charge on any atom is 0.338 e. The highest BCUT2D eigenvalue weighted by molar-refractivity contribution is 5.92. The van der Waals surface area contributed by atoms with Gasteiger partial charge in [0, 0.05) is 18.3 Å². The number of hydrogen-bond donors (Lipinski definition) is 0. The zero-order chi connectivity index (χ0) is 22.7. The molecule has 1 aromatic carbocycles. The molecule has 0 saturated heterocycles. The standard InChI is InChI=1S/C28H34O4/c1-17(29)22-11-12-23-21-10-9-19-15-20(30)13-14-27(19,2)25(21)24(16-28(22,23)3)32-26(31)18-7-5-4-6-8-18/h4-8,15,21-25H,9-14,16H2,1-3H3/t21?,22-,23?,24-,25?,27+,28-/m1/s1. The Balaban J connectivity index is 1.55. The Morgan fingerprint density at radius 3 is 2.50 bits per heavy atom. The number of rotatable bonds is 3. The Bertz CT molecular complexity index is 978. The first-order chi connectivity index (χ1) is 15.2. The molecule has 3 fully saturated rings. The van der Waals surface area contributed by atoms with Gasteiger partial charge in [0.1, 0.15) is 11.9 Å². The largest absolute Gasteiger partial charge is 0.458 e. The molecule has 4 heteroatoms. The van der Waals surface area contributed by atoms with Gasteiger partial charge in [-0.3, -0.25) is 9.59 Å². The van der Waals surface area contributed by atoms with E-state index in [4.69, 9.17) is 4.74 Å². The molecule has 32 heavy (non-hydrogen) atoms. The van der Waals surface area contributed by atoms with E-state index >= 15 is 0 Å². The van der Waals surface area contributed by atoms with E-state index in [0.29, 0.717) is 23.8 Å². The molecule has 5 rings (SSSR count). The van der Waals surface area contributed by atoms with Gasteiger partial charge in [-0.1, -0.05) is 37.6 Å². The summed E-state index contributed by atoms with van der Waals surface area (Å²) in [5, 5.41) is 0. The molecule has 4 aliphatic carbocycles. The minimum absolute atomic E-state index is 0.0454. The van der Waals surface area contributed by atoms with Crippen LogP contribution >= 0.6 is 0 Å². The lowest BCUT2D eigenvalue weighted by Gasteiger charge is -2.60. The second-order valence-corrected chi connectivity index (χ2v) is 11.1. The van der Waals surface area contributed by atoms with Crippen molar-refractivity contribution in [1.29, 1.82) is 0 Å². The lowest BCUT2D eigenvalue weighted by Crippen LogP contribution is -2.58. The molecular weight excluding hydrogens is 400 g/mol. The summed E-state index contributed by atoms with van der Waals surface area (Å²) in [7, 11) is 0. The van der Waals surface area contributed by atoms with E-state index in [1.54, 1.807) is 19.1 Å². The summed E-state index contributed by atoms with van der Waals surface area (Å²) in [4.78, 5) is 38.0. The number of benzene rings is 1. The minimum atomic E-state index is -0.277. The first-order valence-electron chi connectivity index (χ1n) is 12.2. The van der Waals surface area contributed by atoms with Crippen LogP contribution in [0.3, 0.4) is 0 Å². The Hall–Kier alpha value is -2.23. The van der Waals surface area contributed by atoms with Crippen molar-refractivity contribution in [2.24, 2.45) is 34.5 Å². The summed E-state index contributed by atoms with van der Waals surface area (Å²) in [6.45, 7) is 6.30. The van der Waals surface area contributed by atoms with E-state index in [0.717, 1.165) is 38.5 Å². The van der Waals surface area contributed by atoms with Gasteiger partial charge < -0.3 is 4.74 Å². The molecule has 7 atom stereocenters. The van der Waals surface area contributed by atoms with Crippen LogP contribution in [-0.4, -0.2) is 23.6 Å². The highest BCUT2D eigenvalue weighted by Gasteiger charge is 2.63. The van der Waals surface area contributed by atoms with Gasteiger partial charge in [-0.05, 0) is 86.3 Å². The van der Waals surface area contributed by atoms with E-state index in [9.17, 15) is 14.4 Å². The van der Waals surface area contributed by atoms with Crippen LogP contribution in [0.5, 0.6) is 0 Å². The van der Waals surface area contributed by atoms with Crippen LogP contribution in [0.1, 0.15) is 76.1 Å². The number of hydrogen-bond acceptors (Lipinski definition) is 4. The third-order valence-electron chi connectivity index (χ3n) is 9.63. The molecule has 1 aromatic rings. The van der Waals surface area contributed by atoms with Crippen molar-refractivity contribution in [2.75, 3.05) is 0 Å². The van der Waals surface area contributed by atoms with Crippen LogP contribution in [0.4, 0.5) is 0 Å². The van der Waals surface area contributed by atoms with Gasteiger partial charge in [-0.25, -0.2) is 4.79 Å². The van der Waals surface area contributed by atoms with Crippen molar-refractivity contribution in [3.8, 4) is 0 Å². The number of esters is 1. The summed E-state index contributed by atoms with van der Waals surface area (Å²) >= 11 is 0. The molecule has 0 N–H and O–H groups in total. The normalized spacial score (nSPS) is 40.5. The third-order valence-corrected chi connectivity index (χ3v) is 9.63. The third kappa shape index (κ3) is 3.21. The number of allylic oxidation sites excluding steroid dienone is 1. The molecule has 0 aliphatic heterocycles. The molecule has 3 saturated carbocycles. The van der Waals surface area contributed by atoms with E-state index in [-0.39, 0.29) is 46.3 Å². The molecule has 4 aliphatic rings. The van der Waals surface area contributed by atoms with Crippen LogP contribution in [0.15, 0.2) is 42.0 Å². The topological polar surface area (TPSA) is 60.4 Å². The maximum atomic E-state index is 13.2. The number of ether oxygens (including phenoxy) is 1. The number of ketones is 2. The highest BCUT2D eigenvalue weighted by Crippen LogP contribution is 2.67. The summed E-state index contributed by atoms with van der Waals surface area (Å²) in [5.74, 6) is 1.36. The summed E-state index contributed by atoms with van der Waals surface area (Å²) < 4.78 is 6.33. The second kappa shape index (κ2) is 7.67. The fourth-order valence-corrected chi connectivity index (χ4v) is 8.21. The molecular formula is C28H34O4. The Morgan fingerprint density at radius 2 is 1.78 bits per heavy atom. The fourth-order valence-electron chi connectivity index (χ4n) is 8.21. The zero-order valence-electron chi connectivity index (χ0n) is 19.4. The molecule has 0 spiro atoms. The zero-order valence-corrected chi connectivity index (χ0v) is 19.4. The number of carbonyl (C=O) groups excluding carboxylic acids is 3. The second-order valence-electron chi connectivity index (χ2n) is 11.1. The fraction of sp³-hybridized carbons (Fsp3) is 0.607. The lowest BCUT2D eigenvalue weighted by molar-refractivity contribution is -0.145. The van der Waals surface area contributed by atoms with Gasteiger partial charge in [0.05, 0.1) is 5.56 Å². The van der Waals surface area contributed by atoms with Crippen LogP contribution in [0.25, 0.3) is 0 Å². The van der Waals surface area contributed by atoms with Crippen LogP contribution < -0.4 is 0 Å². The lowest BCUT2D eigenvalue weighted by atomic mass is 9.46. The Kier molecular flexibility index (Phi) is 5.18. The van der Waals surface area contributed by atoms with Crippen molar-refractivity contribution in [2.45, 2.75) is 71.8 Å². The Labute approximate surface area is 190 Å². The van der Waals surface area contributed by atoms with E-state index in [1.165, 1.54) is 5.57 Å². The Morgan fingerprint density at radius 1 is 1.03 bits per heavy atom. The van der Waals surface area contributed by atoms with Crippen LogP contribution in [-0.2, 0) is 14.3 Å². The monoisotopic (exact) mass is 434 g/mol. The molecule has 0 radical (unpaired) electrons. The van der Waals surface area contributed by atoms with Crippen LogP contribution in [0, 0.1) is 34.5 Å². The van der Waals surface area contributed by atoms with E-state index < -0.39 is 0 Å². The van der Waals surface area contributed by atoms with Crippen LogP contribution in [0.2, 0.25) is 0 Å². The van der Waals surface area contributed by atoms with Crippen molar-refractivity contribution < 1.29 is 19.1 Å². The predicted octanol–water partition coefficient (Wildman–Crippen LogP) is 5.56. The van der Waals surface area contributed by atoms with Gasteiger partial charge >= 0.3 is 5.97 Å². The van der Waals surface area contributed by atoms with Gasteiger partial charge in [-0.2, -0.15) is 0 Å². The molecule has 3 unspecified atom stereocenters. The molecule has 0 aromatic heterocycles. The number of fused-ring (bicyclic) bond motifs is 5. The van der Waals surface area contributed by atoms with Crippen molar-refractivity contribution >= 4 is 17.5 Å². The molecule has 170 valence electrons. The summed E-state index contributed by atoms with van der Waals surface area (Å²) in [6.07, 6.45) is 7.76. The van der Waals surface area contributed by atoms with Gasteiger partial charge in [-0.15, -0.1) is 0 Å². The first kappa shape index (κ1) is 21.6. The predicted molar refractivity (Wildman–Crippen MR) is 122 cm³/mol. The van der Waals surface area contributed by atoms with Gasteiger partial charge in [0.2, 0.25) is 0 Å². The average Bonchev–Trinajstić information content (AvgIpc) is 3.11.